The van der Waals surface area contributed by atoms with Crippen LogP contribution in [0.5, 0.6) is 11.6 Å². The van der Waals surface area contributed by atoms with Gasteiger partial charge in [-0.1, -0.05) is 17.3 Å². The average Bonchev–Trinajstić information content (AvgIpc) is 2.71. The van der Waals surface area contributed by atoms with Crippen LogP contribution < -0.4 is 10.5 Å². The zero-order chi connectivity index (χ0) is 20.8. The molecule has 3 aromatic rings. The molecule has 0 bridgehead atoms. The Balaban J connectivity index is 1.62. The topological polar surface area (TPSA) is 113 Å². The smallest absolute Gasteiger partial charge is 0.272 e. The van der Waals surface area contributed by atoms with Gasteiger partial charge in [-0.2, -0.15) is 0 Å². The number of hydrogen-bond donors (Lipinski definition) is 1. The molecule has 0 unspecified atom stereocenters. The second-order valence-corrected chi connectivity index (χ2v) is 6.01. The first-order chi connectivity index (χ1) is 13.9. The van der Waals surface area contributed by atoms with Gasteiger partial charge in [-0.05, 0) is 37.3 Å². The highest BCUT2D eigenvalue weighted by atomic mass is 19.1. The zero-order valence-electron chi connectivity index (χ0n) is 15.4. The minimum absolute atomic E-state index is 0.0176. The number of hydrogen-bond acceptors (Lipinski definition) is 6. The maximum Gasteiger partial charge on any atom is 0.272 e. The van der Waals surface area contributed by atoms with Crippen molar-refractivity contribution < 1.29 is 18.9 Å². The summed E-state index contributed by atoms with van der Waals surface area (Å²) < 4.78 is 18.4. The van der Waals surface area contributed by atoms with Crippen molar-refractivity contribution in [1.29, 1.82) is 0 Å². The number of nitro groups is 1. The fourth-order valence-corrected chi connectivity index (χ4v) is 2.46. The van der Waals surface area contributed by atoms with Crippen molar-refractivity contribution in [3.8, 4) is 11.6 Å². The highest BCUT2D eigenvalue weighted by Crippen LogP contribution is 2.22. The molecule has 9 heteroatoms. The number of rotatable bonds is 7. The molecular formula is C20H17FN4O4. The van der Waals surface area contributed by atoms with Crippen molar-refractivity contribution in [2.75, 3.05) is 0 Å². The summed E-state index contributed by atoms with van der Waals surface area (Å²) in [5.74, 6) is 0.490. The molecular weight excluding hydrogens is 379 g/mol. The van der Waals surface area contributed by atoms with Crippen LogP contribution in [0.15, 0.2) is 65.9 Å². The molecule has 2 N–H and O–H groups in total. The van der Waals surface area contributed by atoms with Crippen molar-refractivity contribution in [1.82, 2.24) is 4.98 Å². The lowest BCUT2D eigenvalue weighted by Gasteiger charge is -2.07. The van der Waals surface area contributed by atoms with E-state index in [2.05, 4.69) is 10.1 Å². The molecule has 0 saturated heterocycles. The Labute approximate surface area is 165 Å². The number of oxime groups is 1. The van der Waals surface area contributed by atoms with Crippen molar-refractivity contribution in [3.63, 3.8) is 0 Å². The molecule has 2 aromatic carbocycles. The Hall–Kier alpha value is -4.01. The van der Waals surface area contributed by atoms with Crippen LogP contribution in [-0.4, -0.2) is 15.7 Å². The number of ether oxygens (including phenoxy) is 1. The Morgan fingerprint density at radius 2 is 1.97 bits per heavy atom. The highest BCUT2D eigenvalue weighted by molar-refractivity contribution is 5.96. The fourth-order valence-electron chi connectivity index (χ4n) is 2.46. The van der Waals surface area contributed by atoms with Gasteiger partial charge >= 0.3 is 0 Å². The van der Waals surface area contributed by atoms with Crippen molar-refractivity contribution in [3.05, 3.63) is 93.4 Å². The van der Waals surface area contributed by atoms with Gasteiger partial charge in [0.25, 0.3) is 5.69 Å². The number of pyridine rings is 1. The van der Waals surface area contributed by atoms with Crippen LogP contribution in [0.1, 0.15) is 16.7 Å². The Bertz CT molecular complexity index is 1040. The maximum absolute atomic E-state index is 12.9. The van der Waals surface area contributed by atoms with Gasteiger partial charge in [0, 0.05) is 35.0 Å². The molecule has 8 nitrogen and oxygen atoms in total. The van der Waals surface area contributed by atoms with Crippen LogP contribution in [0, 0.1) is 22.9 Å². The van der Waals surface area contributed by atoms with Gasteiger partial charge in [0.1, 0.15) is 18.2 Å². The third kappa shape index (κ3) is 5.04. The molecule has 0 spiro atoms. The molecule has 0 amide bonds. The van der Waals surface area contributed by atoms with E-state index >= 15 is 0 Å². The zero-order valence-corrected chi connectivity index (χ0v) is 15.4. The quantitative estimate of drug-likeness (QED) is 0.279. The van der Waals surface area contributed by atoms with E-state index in [1.165, 1.54) is 36.5 Å². The average molecular weight is 396 g/mol. The van der Waals surface area contributed by atoms with Crippen molar-refractivity contribution in [2.45, 2.75) is 13.5 Å². The van der Waals surface area contributed by atoms with E-state index in [9.17, 15) is 14.5 Å². The van der Waals surface area contributed by atoms with Gasteiger partial charge in [-0.25, -0.2) is 9.37 Å². The third-order valence-corrected chi connectivity index (χ3v) is 4.07. The molecule has 0 radical (unpaired) electrons. The van der Waals surface area contributed by atoms with E-state index in [0.29, 0.717) is 28.3 Å². The molecule has 29 heavy (non-hydrogen) atoms. The molecule has 0 atom stereocenters. The molecule has 0 fully saturated rings. The van der Waals surface area contributed by atoms with E-state index < -0.39 is 4.92 Å². The van der Waals surface area contributed by atoms with E-state index in [1.54, 1.807) is 31.2 Å². The standard InChI is InChI=1S/C20H17FN4O4/c1-13-15(3-2-4-18(13)25(26)27)12-28-24-20(22)14-5-10-19(23-11-14)29-17-8-6-16(21)7-9-17/h2-11H,12H2,1H3,(H2,22,24). The normalized spacial score (nSPS) is 11.2. The summed E-state index contributed by atoms with van der Waals surface area (Å²) in [6.07, 6.45) is 1.46. The maximum atomic E-state index is 12.9. The van der Waals surface area contributed by atoms with E-state index in [0.717, 1.165) is 0 Å². The van der Waals surface area contributed by atoms with Gasteiger partial charge in [0.2, 0.25) is 5.88 Å². The third-order valence-electron chi connectivity index (χ3n) is 4.07. The largest absolute Gasteiger partial charge is 0.439 e. The van der Waals surface area contributed by atoms with E-state index in [-0.39, 0.29) is 23.9 Å². The van der Waals surface area contributed by atoms with Gasteiger partial charge in [0.05, 0.1) is 4.92 Å². The Morgan fingerprint density at radius 1 is 1.21 bits per heavy atom. The Morgan fingerprint density at radius 3 is 2.62 bits per heavy atom. The van der Waals surface area contributed by atoms with E-state index in [1.807, 2.05) is 0 Å². The molecule has 0 saturated carbocycles. The number of amidine groups is 1. The van der Waals surface area contributed by atoms with Crippen LogP contribution in [0.4, 0.5) is 10.1 Å². The first-order valence-corrected chi connectivity index (χ1v) is 8.52. The minimum Gasteiger partial charge on any atom is -0.439 e. The Kier molecular flexibility index (Phi) is 5.98. The predicted octanol–water partition coefficient (Wildman–Crippen LogP) is 4.07. The summed E-state index contributed by atoms with van der Waals surface area (Å²) in [5, 5.41) is 14.8. The summed E-state index contributed by atoms with van der Waals surface area (Å²) >= 11 is 0. The van der Waals surface area contributed by atoms with Gasteiger partial charge < -0.3 is 15.3 Å². The number of halogens is 1. The molecule has 0 aliphatic heterocycles. The summed E-state index contributed by atoms with van der Waals surface area (Å²) in [4.78, 5) is 19.9. The van der Waals surface area contributed by atoms with Crippen LogP contribution in [-0.2, 0) is 11.4 Å². The van der Waals surface area contributed by atoms with E-state index in [4.69, 9.17) is 15.3 Å². The molecule has 0 aliphatic carbocycles. The summed E-state index contributed by atoms with van der Waals surface area (Å²) in [6, 6.07) is 13.5. The monoisotopic (exact) mass is 396 g/mol. The first kappa shape index (κ1) is 19.7. The number of nitrogens with two attached hydrogens (primary N) is 1. The SMILES string of the molecule is Cc1c(CO/N=C(/N)c2ccc(Oc3ccc(F)cc3)nc2)cccc1[N+](=O)[O-]. The van der Waals surface area contributed by atoms with Crippen LogP contribution in [0.25, 0.3) is 0 Å². The minimum atomic E-state index is -0.447. The van der Waals surface area contributed by atoms with Crippen molar-refractivity contribution in [2.24, 2.45) is 10.9 Å². The molecule has 3 rings (SSSR count). The van der Waals surface area contributed by atoms with Crippen LogP contribution in [0.3, 0.4) is 0 Å². The lowest BCUT2D eigenvalue weighted by molar-refractivity contribution is -0.385. The summed E-state index contributed by atoms with van der Waals surface area (Å²) in [6.45, 7) is 1.68. The number of aromatic nitrogens is 1. The lowest BCUT2D eigenvalue weighted by Crippen LogP contribution is -2.14. The van der Waals surface area contributed by atoms with Gasteiger partial charge in [-0.15, -0.1) is 0 Å². The molecule has 148 valence electrons. The predicted molar refractivity (Wildman–Crippen MR) is 104 cm³/mol. The second-order valence-electron chi connectivity index (χ2n) is 6.01. The van der Waals surface area contributed by atoms with Crippen LogP contribution >= 0.6 is 0 Å². The number of benzene rings is 2. The molecule has 1 aromatic heterocycles. The number of nitro benzene ring substituents is 1. The first-order valence-electron chi connectivity index (χ1n) is 8.52. The van der Waals surface area contributed by atoms with Crippen LogP contribution in [0.2, 0.25) is 0 Å². The van der Waals surface area contributed by atoms with Gasteiger partial charge in [-0.3, -0.25) is 10.1 Å². The van der Waals surface area contributed by atoms with Crippen molar-refractivity contribution >= 4 is 11.5 Å². The fraction of sp³-hybridized carbons (Fsp3) is 0.100. The number of nitrogens with zero attached hydrogens (tertiary/aromatic N) is 3. The lowest BCUT2D eigenvalue weighted by atomic mass is 10.1. The molecule has 0 aliphatic rings. The molecule has 1 heterocycles. The van der Waals surface area contributed by atoms with Gasteiger partial charge in [0.15, 0.2) is 5.84 Å². The summed E-state index contributed by atoms with van der Waals surface area (Å²) in [5.41, 5.74) is 7.56. The summed E-state index contributed by atoms with van der Waals surface area (Å²) in [7, 11) is 0. The highest BCUT2D eigenvalue weighted by Gasteiger charge is 2.13. The second kappa shape index (κ2) is 8.79.